The summed E-state index contributed by atoms with van der Waals surface area (Å²) in [5.74, 6) is -1.84. The monoisotopic (exact) mass is 264 g/mol. The maximum atomic E-state index is 10.9. The van der Waals surface area contributed by atoms with E-state index in [9.17, 15) is 9.59 Å². The van der Waals surface area contributed by atoms with Crippen molar-refractivity contribution in [3.8, 4) is 0 Å². The van der Waals surface area contributed by atoms with Gasteiger partial charge < -0.3 is 22.1 Å². The summed E-state index contributed by atoms with van der Waals surface area (Å²) < 4.78 is 0. The van der Waals surface area contributed by atoms with Gasteiger partial charge >= 0.3 is 0 Å². The fraction of sp³-hybridized carbons (Fsp3) is 0. The highest BCUT2D eigenvalue weighted by Crippen LogP contribution is 2.04. The molecule has 0 radical (unpaired) electrons. The predicted molar refractivity (Wildman–Crippen MR) is 72.3 cm³/mol. The van der Waals surface area contributed by atoms with Crippen LogP contribution in [0.15, 0.2) is 42.1 Å². The Bertz CT molecular complexity index is 483. The highest BCUT2D eigenvalue weighted by atomic mass is 32.1. The normalized spacial score (nSPS) is 9.11. The summed E-state index contributed by atoms with van der Waals surface area (Å²) in [6.07, 6.45) is 1.07. The van der Waals surface area contributed by atoms with E-state index in [0.717, 1.165) is 11.9 Å². The van der Waals surface area contributed by atoms with Crippen molar-refractivity contribution in [1.29, 1.82) is 0 Å². The van der Waals surface area contributed by atoms with Crippen molar-refractivity contribution >= 4 is 34.8 Å². The number of rotatable bonds is 4. The highest BCUT2D eigenvalue weighted by Gasteiger charge is 2.11. The number of amides is 2. The fourth-order valence-corrected chi connectivity index (χ4v) is 1.27. The van der Waals surface area contributed by atoms with Crippen LogP contribution >= 0.6 is 12.2 Å². The van der Waals surface area contributed by atoms with Crippen LogP contribution in [0.3, 0.4) is 0 Å². The van der Waals surface area contributed by atoms with E-state index in [4.69, 9.17) is 23.7 Å². The Kier molecular flexibility index (Phi) is 4.82. The molecule has 0 spiro atoms. The minimum atomic E-state index is -0.919. The van der Waals surface area contributed by atoms with Crippen molar-refractivity contribution in [1.82, 2.24) is 5.32 Å². The molecule has 94 valence electrons. The second-order valence-corrected chi connectivity index (χ2v) is 3.66. The molecule has 2 amide bonds. The molecule has 0 aromatic heterocycles. The molecule has 0 bridgehead atoms. The molecule has 18 heavy (non-hydrogen) atoms. The van der Waals surface area contributed by atoms with Crippen LogP contribution in [-0.4, -0.2) is 16.9 Å². The molecule has 1 rings (SSSR count). The summed E-state index contributed by atoms with van der Waals surface area (Å²) in [4.78, 5) is 21.7. The van der Waals surface area contributed by atoms with Crippen LogP contribution in [0.2, 0.25) is 0 Å². The van der Waals surface area contributed by atoms with Gasteiger partial charge in [-0.25, -0.2) is 0 Å². The van der Waals surface area contributed by atoms with Gasteiger partial charge in [-0.1, -0.05) is 18.2 Å². The van der Waals surface area contributed by atoms with Gasteiger partial charge in [0.05, 0.1) is 0 Å². The molecule has 0 unspecified atom stereocenters. The second kappa shape index (κ2) is 6.36. The number of benzene rings is 1. The molecule has 0 fully saturated rings. The topological polar surface area (TPSA) is 110 Å². The van der Waals surface area contributed by atoms with Gasteiger partial charge in [0, 0.05) is 11.9 Å². The zero-order valence-electron chi connectivity index (χ0n) is 9.34. The number of hydrogen-bond donors (Lipinski definition) is 4. The van der Waals surface area contributed by atoms with Crippen LogP contribution in [0.4, 0.5) is 5.69 Å². The lowest BCUT2D eigenvalue weighted by Gasteiger charge is -2.07. The maximum Gasteiger partial charge on any atom is 0.255 e. The van der Waals surface area contributed by atoms with E-state index in [-0.39, 0.29) is 10.7 Å². The van der Waals surface area contributed by atoms with Crippen LogP contribution in [0, 0.1) is 0 Å². The average molecular weight is 264 g/mol. The largest absolute Gasteiger partial charge is 0.365 e. The number of para-hydroxylation sites is 1. The van der Waals surface area contributed by atoms with Gasteiger partial charge in [-0.05, 0) is 24.4 Å². The Labute approximate surface area is 109 Å². The molecule has 0 aliphatic heterocycles. The van der Waals surface area contributed by atoms with Gasteiger partial charge in [0.2, 0.25) is 0 Å². The van der Waals surface area contributed by atoms with Crippen LogP contribution in [0.5, 0.6) is 0 Å². The van der Waals surface area contributed by atoms with Crippen LogP contribution < -0.4 is 22.1 Å². The van der Waals surface area contributed by atoms with Gasteiger partial charge in [-0.15, -0.1) is 0 Å². The van der Waals surface area contributed by atoms with Gasteiger partial charge in [-0.2, -0.15) is 0 Å². The number of hydrogen-bond acceptors (Lipinski definition) is 3. The van der Waals surface area contributed by atoms with E-state index < -0.39 is 11.8 Å². The van der Waals surface area contributed by atoms with E-state index >= 15 is 0 Å². The molecule has 6 nitrogen and oxygen atoms in total. The van der Waals surface area contributed by atoms with Gasteiger partial charge in [-0.3, -0.25) is 9.59 Å². The van der Waals surface area contributed by atoms with Crippen molar-refractivity contribution in [2.75, 3.05) is 5.32 Å². The summed E-state index contributed by atoms with van der Waals surface area (Å²) in [5, 5.41) is 5.61. The van der Waals surface area contributed by atoms with Crippen molar-refractivity contribution in [3.63, 3.8) is 0 Å². The van der Waals surface area contributed by atoms with E-state index in [1.165, 1.54) is 0 Å². The smallest absolute Gasteiger partial charge is 0.255 e. The molecule has 0 saturated carbocycles. The summed E-state index contributed by atoms with van der Waals surface area (Å²) in [5.41, 5.74) is 10.3. The zero-order chi connectivity index (χ0) is 13.5. The third-order valence-corrected chi connectivity index (χ3v) is 2.13. The SMILES string of the molecule is NC(=O)C(=CNC(=S)Nc1ccccc1)C(N)=O. The quantitative estimate of drug-likeness (QED) is 0.261. The summed E-state index contributed by atoms with van der Waals surface area (Å²) in [7, 11) is 0. The Morgan fingerprint density at radius 2 is 1.67 bits per heavy atom. The number of nitrogens with one attached hydrogen (secondary N) is 2. The highest BCUT2D eigenvalue weighted by molar-refractivity contribution is 7.80. The molecule has 1 aromatic rings. The third-order valence-electron chi connectivity index (χ3n) is 1.91. The number of carbonyl (C=O) groups is 2. The fourth-order valence-electron chi connectivity index (χ4n) is 1.09. The van der Waals surface area contributed by atoms with E-state index in [2.05, 4.69) is 10.6 Å². The molecular formula is C11H12N4O2S. The predicted octanol–water partition coefficient (Wildman–Crippen LogP) is -0.173. The summed E-state index contributed by atoms with van der Waals surface area (Å²) in [6.45, 7) is 0. The summed E-state index contributed by atoms with van der Waals surface area (Å²) >= 11 is 4.96. The van der Waals surface area contributed by atoms with Crippen molar-refractivity contribution < 1.29 is 9.59 Å². The molecule has 1 aromatic carbocycles. The van der Waals surface area contributed by atoms with Crippen LogP contribution in [0.1, 0.15) is 0 Å². The first kappa shape index (κ1) is 13.7. The zero-order valence-corrected chi connectivity index (χ0v) is 10.2. The molecule has 0 aliphatic carbocycles. The number of nitrogens with two attached hydrogens (primary N) is 2. The van der Waals surface area contributed by atoms with Crippen LogP contribution in [-0.2, 0) is 9.59 Å². The number of thiocarbonyl (C=S) groups is 1. The first-order valence-electron chi connectivity index (χ1n) is 4.93. The van der Waals surface area contributed by atoms with Gasteiger partial charge in [0.25, 0.3) is 11.8 Å². The Morgan fingerprint density at radius 3 is 2.17 bits per heavy atom. The molecule has 0 aliphatic rings. The Morgan fingerprint density at radius 1 is 1.11 bits per heavy atom. The lowest BCUT2D eigenvalue weighted by Crippen LogP contribution is -2.30. The average Bonchev–Trinajstić information content (AvgIpc) is 2.29. The maximum absolute atomic E-state index is 10.9. The van der Waals surface area contributed by atoms with E-state index in [1.807, 2.05) is 18.2 Å². The Balaban J connectivity index is 2.63. The lowest BCUT2D eigenvalue weighted by molar-refractivity contribution is -0.120. The molecule has 0 atom stereocenters. The van der Waals surface area contributed by atoms with E-state index in [0.29, 0.717) is 0 Å². The number of primary amides is 2. The van der Waals surface area contributed by atoms with Crippen molar-refractivity contribution in [2.45, 2.75) is 0 Å². The number of carbonyl (C=O) groups excluding carboxylic acids is 2. The van der Waals surface area contributed by atoms with E-state index in [1.54, 1.807) is 12.1 Å². The number of anilines is 1. The first-order chi connectivity index (χ1) is 8.50. The third kappa shape index (κ3) is 4.22. The summed E-state index contributed by atoms with van der Waals surface area (Å²) in [6, 6.07) is 9.14. The lowest BCUT2D eigenvalue weighted by atomic mass is 10.2. The first-order valence-corrected chi connectivity index (χ1v) is 5.34. The Hall–Kier alpha value is -2.41. The van der Waals surface area contributed by atoms with Crippen molar-refractivity contribution in [2.24, 2.45) is 11.5 Å². The van der Waals surface area contributed by atoms with Crippen LogP contribution in [0.25, 0.3) is 0 Å². The minimum absolute atomic E-state index is 0.209. The molecule has 0 heterocycles. The molecular weight excluding hydrogens is 252 g/mol. The van der Waals surface area contributed by atoms with Gasteiger partial charge in [0.15, 0.2) is 5.11 Å². The molecule has 6 N–H and O–H groups in total. The minimum Gasteiger partial charge on any atom is -0.365 e. The second-order valence-electron chi connectivity index (χ2n) is 3.25. The molecule has 7 heteroatoms. The standard InChI is InChI=1S/C11H12N4O2S/c12-9(16)8(10(13)17)6-14-11(18)15-7-4-2-1-3-5-7/h1-6H,(H2,12,16)(H2,13,17)(H2,14,15,18). The van der Waals surface area contributed by atoms with Crippen molar-refractivity contribution in [3.05, 3.63) is 42.1 Å². The van der Waals surface area contributed by atoms with Gasteiger partial charge in [0.1, 0.15) is 5.57 Å². The molecule has 0 saturated heterocycles.